The highest BCUT2D eigenvalue weighted by molar-refractivity contribution is 5.94. The number of hydrogen-bond acceptors (Lipinski definition) is 2. The van der Waals surface area contributed by atoms with Crippen LogP contribution in [0, 0.1) is 0 Å². The molecule has 1 aliphatic heterocycles. The summed E-state index contributed by atoms with van der Waals surface area (Å²) in [7, 11) is 0. The highest BCUT2D eigenvalue weighted by Gasteiger charge is 2.13. The van der Waals surface area contributed by atoms with Gasteiger partial charge in [-0.2, -0.15) is 0 Å². The second-order valence-electron chi connectivity index (χ2n) is 3.82. The van der Waals surface area contributed by atoms with Crippen LogP contribution >= 0.6 is 0 Å². The summed E-state index contributed by atoms with van der Waals surface area (Å²) in [5.41, 5.74) is 2.94. The van der Waals surface area contributed by atoms with Crippen molar-refractivity contribution in [3.05, 3.63) is 34.9 Å². The third-order valence-corrected chi connectivity index (χ3v) is 2.71. The fourth-order valence-electron chi connectivity index (χ4n) is 1.78. The molecule has 1 aromatic rings. The number of ketones is 1. The smallest absolute Gasteiger partial charge is 0.220 e. The Morgan fingerprint density at radius 1 is 1.27 bits per heavy atom. The van der Waals surface area contributed by atoms with E-state index in [1.54, 1.807) is 6.92 Å². The van der Waals surface area contributed by atoms with Crippen LogP contribution in [0.2, 0.25) is 0 Å². The number of amides is 1. The molecule has 1 N–H and O–H groups in total. The first-order chi connectivity index (χ1) is 7.16. The molecule has 0 saturated carbocycles. The number of hydrogen-bond donors (Lipinski definition) is 1. The molecule has 1 aliphatic rings. The van der Waals surface area contributed by atoms with Crippen molar-refractivity contribution in [1.29, 1.82) is 0 Å². The fourth-order valence-corrected chi connectivity index (χ4v) is 1.78. The Balaban J connectivity index is 2.36. The third-order valence-electron chi connectivity index (χ3n) is 2.71. The Morgan fingerprint density at radius 2 is 2.07 bits per heavy atom. The number of aryl methyl sites for hydroxylation is 1. The predicted octanol–water partition coefficient (Wildman–Crippen LogP) is 1.45. The number of carbonyl (C=O) groups excluding carboxylic acids is 2. The van der Waals surface area contributed by atoms with Crippen LogP contribution in [0.15, 0.2) is 18.2 Å². The van der Waals surface area contributed by atoms with E-state index in [9.17, 15) is 9.59 Å². The van der Waals surface area contributed by atoms with Crippen LogP contribution in [0.5, 0.6) is 0 Å². The molecule has 0 saturated heterocycles. The fraction of sp³-hybridized carbons (Fsp3) is 0.333. The van der Waals surface area contributed by atoms with Gasteiger partial charge < -0.3 is 5.32 Å². The van der Waals surface area contributed by atoms with Crippen molar-refractivity contribution in [3.63, 3.8) is 0 Å². The minimum atomic E-state index is 0.0633. The third kappa shape index (κ3) is 2.06. The zero-order valence-electron chi connectivity index (χ0n) is 8.67. The molecule has 0 aromatic heterocycles. The van der Waals surface area contributed by atoms with E-state index in [0.717, 1.165) is 12.0 Å². The molecule has 1 amide bonds. The Kier molecular flexibility index (Phi) is 2.54. The molecule has 2 rings (SSSR count). The first-order valence-electron chi connectivity index (χ1n) is 5.06. The first kappa shape index (κ1) is 9.90. The van der Waals surface area contributed by atoms with E-state index < -0.39 is 0 Å². The van der Waals surface area contributed by atoms with Crippen LogP contribution in [0.4, 0.5) is 0 Å². The second-order valence-corrected chi connectivity index (χ2v) is 3.82. The molecule has 3 heteroatoms. The van der Waals surface area contributed by atoms with Gasteiger partial charge in [-0.25, -0.2) is 0 Å². The van der Waals surface area contributed by atoms with Crippen molar-refractivity contribution < 1.29 is 9.59 Å². The van der Waals surface area contributed by atoms with Crippen molar-refractivity contribution in [2.75, 3.05) is 0 Å². The molecule has 0 unspecified atom stereocenters. The molecule has 15 heavy (non-hydrogen) atoms. The van der Waals surface area contributed by atoms with E-state index in [2.05, 4.69) is 5.32 Å². The molecule has 0 radical (unpaired) electrons. The lowest BCUT2D eigenvalue weighted by atomic mass is 10.00. The molecule has 0 aliphatic carbocycles. The molecule has 1 aromatic carbocycles. The van der Waals surface area contributed by atoms with Crippen molar-refractivity contribution >= 4 is 11.7 Å². The number of fused-ring (bicyclic) bond motifs is 1. The normalized spacial score (nSPS) is 15.1. The number of nitrogens with one attached hydrogen (secondary N) is 1. The zero-order chi connectivity index (χ0) is 10.8. The van der Waals surface area contributed by atoms with Crippen LogP contribution in [-0.4, -0.2) is 11.7 Å². The van der Waals surface area contributed by atoms with Gasteiger partial charge >= 0.3 is 0 Å². The molecule has 0 fully saturated rings. The number of rotatable bonds is 1. The Bertz CT molecular complexity index is 424. The van der Waals surface area contributed by atoms with Gasteiger partial charge in [0.05, 0.1) is 0 Å². The Hall–Kier alpha value is -1.64. The molecule has 78 valence electrons. The van der Waals surface area contributed by atoms with Gasteiger partial charge in [0.15, 0.2) is 5.78 Å². The van der Waals surface area contributed by atoms with Gasteiger partial charge in [0.25, 0.3) is 0 Å². The van der Waals surface area contributed by atoms with Gasteiger partial charge in [0.1, 0.15) is 0 Å². The monoisotopic (exact) mass is 203 g/mol. The van der Waals surface area contributed by atoms with E-state index >= 15 is 0 Å². The van der Waals surface area contributed by atoms with Crippen LogP contribution in [0.1, 0.15) is 34.8 Å². The highest BCUT2D eigenvalue weighted by atomic mass is 16.1. The highest BCUT2D eigenvalue weighted by Crippen LogP contribution is 2.17. The summed E-state index contributed by atoms with van der Waals surface area (Å²) in [4.78, 5) is 22.4. The Morgan fingerprint density at radius 3 is 2.80 bits per heavy atom. The lowest BCUT2D eigenvalue weighted by Crippen LogP contribution is -2.20. The first-order valence-corrected chi connectivity index (χ1v) is 5.06. The second kappa shape index (κ2) is 3.85. The number of benzene rings is 1. The quantitative estimate of drug-likeness (QED) is 0.702. The number of Topliss-reactive ketones (excluding diaryl/α,β-unsaturated/α-hetero) is 1. The molecule has 1 heterocycles. The van der Waals surface area contributed by atoms with Gasteiger partial charge in [-0.1, -0.05) is 12.1 Å². The van der Waals surface area contributed by atoms with Gasteiger partial charge in [-0.3, -0.25) is 9.59 Å². The summed E-state index contributed by atoms with van der Waals surface area (Å²) >= 11 is 0. The Labute approximate surface area is 88.5 Å². The number of carbonyl (C=O) groups is 2. The van der Waals surface area contributed by atoms with E-state index in [4.69, 9.17) is 0 Å². The summed E-state index contributed by atoms with van der Waals surface area (Å²) < 4.78 is 0. The summed E-state index contributed by atoms with van der Waals surface area (Å²) in [5.74, 6) is 0.143. The van der Waals surface area contributed by atoms with Gasteiger partial charge in [-0.15, -0.1) is 0 Å². The topological polar surface area (TPSA) is 46.2 Å². The van der Waals surface area contributed by atoms with Crippen LogP contribution in [0.25, 0.3) is 0 Å². The average molecular weight is 203 g/mol. The van der Waals surface area contributed by atoms with Crippen molar-refractivity contribution in [3.8, 4) is 0 Å². The summed E-state index contributed by atoms with van der Waals surface area (Å²) in [6.07, 6.45) is 1.30. The average Bonchev–Trinajstić information content (AvgIpc) is 2.40. The molecular formula is C12H13NO2. The molecule has 0 atom stereocenters. The molecule has 3 nitrogen and oxygen atoms in total. The molecule has 0 spiro atoms. The van der Waals surface area contributed by atoms with Crippen LogP contribution in [0.3, 0.4) is 0 Å². The maximum absolute atomic E-state index is 11.2. The summed E-state index contributed by atoms with van der Waals surface area (Å²) in [6.45, 7) is 2.09. The minimum Gasteiger partial charge on any atom is -0.352 e. The molecule has 0 bridgehead atoms. The van der Waals surface area contributed by atoms with Gasteiger partial charge in [0, 0.05) is 18.5 Å². The lowest BCUT2D eigenvalue weighted by Gasteiger charge is -2.06. The summed E-state index contributed by atoms with van der Waals surface area (Å²) in [6, 6.07) is 5.66. The maximum Gasteiger partial charge on any atom is 0.220 e. The summed E-state index contributed by atoms with van der Waals surface area (Å²) in [5, 5.41) is 2.82. The maximum atomic E-state index is 11.2. The minimum absolute atomic E-state index is 0.0633. The van der Waals surface area contributed by atoms with Crippen molar-refractivity contribution in [2.45, 2.75) is 26.3 Å². The van der Waals surface area contributed by atoms with E-state index in [0.29, 0.717) is 18.5 Å². The van der Waals surface area contributed by atoms with E-state index in [-0.39, 0.29) is 11.7 Å². The van der Waals surface area contributed by atoms with Crippen molar-refractivity contribution in [2.24, 2.45) is 0 Å². The SMILES string of the molecule is CC(=O)c1ccc2c(c1)CNC(=O)CC2. The lowest BCUT2D eigenvalue weighted by molar-refractivity contribution is -0.121. The van der Waals surface area contributed by atoms with Crippen molar-refractivity contribution in [1.82, 2.24) is 5.32 Å². The predicted molar refractivity (Wildman–Crippen MR) is 56.6 cm³/mol. The van der Waals surface area contributed by atoms with Crippen LogP contribution < -0.4 is 5.32 Å². The van der Waals surface area contributed by atoms with Gasteiger partial charge in [-0.05, 0) is 30.5 Å². The van der Waals surface area contributed by atoms with Gasteiger partial charge in [0.2, 0.25) is 5.91 Å². The standard InChI is InChI=1S/C12H13NO2/c1-8(14)10-3-2-9-4-5-12(15)13-7-11(9)6-10/h2-3,6H,4-5,7H2,1H3,(H,13,15). The van der Waals surface area contributed by atoms with Crippen LogP contribution in [-0.2, 0) is 17.8 Å². The zero-order valence-corrected chi connectivity index (χ0v) is 8.67. The van der Waals surface area contributed by atoms with E-state index in [1.807, 2.05) is 18.2 Å². The molecular weight excluding hydrogens is 190 g/mol. The van der Waals surface area contributed by atoms with E-state index in [1.165, 1.54) is 5.56 Å². The largest absolute Gasteiger partial charge is 0.352 e.